The van der Waals surface area contributed by atoms with Crippen LogP contribution in [0.4, 0.5) is 17.5 Å². The molecule has 1 fully saturated rings. The van der Waals surface area contributed by atoms with Gasteiger partial charge in [-0.3, -0.25) is 0 Å². The number of aryl methyl sites for hydroxylation is 1. The lowest BCUT2D eigenvalue weighted by molar-refractivity contribution is 0.336. The van der Waals surface area contributed by atoms with E-state index < -0.39 is 0 Å². The summed E-state index contributed by atoms with van der Waals surface area (Å²) < 4.78 is 5.46. The van der Waals surface area contributed by atoms with Crippen LogP contribution in [0.5, 0.6) is 5.88 Å². The summed E-state index contributed by atoms with van der Waals surface area (Å²) in [6.07, 6.45) is 3.30. The molecule has 0 amide bonds. The van der Waals surface area contributed by atoms with Crippen LogP contribution in [0.25, 0.3) is 5.70 Å². The molecule has 0 aliphatic carbocycles. The molecule has 0 radical (unpaired) electrons. The number of aromatic nitrogens is 3. The van der Waals surface area contributed by atoms with E-state index in [2.05, 4.69) is 35.8 Å². The lowest BCUT2D eigenvalue weighted by Gasteiger charge is -2.31. The van der Waals surface area contributed by atoms with Gasteiger partial charge in [-0.05, 0) is 13.0 Å². The van der Waals surface area contributed by atoms with E-state index in [9.17, 15) is 0 Å². The van der Waals surface area contributed by atoms with Crippen molar-refractivity contribution >= 4 is 23.2 Å². The van der Waals surface area contributed by atoms with Crippen LogP contribution in [0.3, 0.4) is 0 Å². The molecule has 1 saturated heterocycles. The molecule has 2 aromatic heterocycles. The van der Waals surface area contributed by atoms with Gasteiger partial charge in [0, 0.05) is 51.2 Å². The molecular formula is C18H26N8O. The Morgan fingerprint density at radius 2 is 2.07 bits per heavy atom. The molecule has 0 atom stereocenters. The van der Waals surface area contributed by atoms with Crippen molar-refractivity contribution in [1.82, 2.24) is 25.2 Å². The van der Waals surface area contributed by atoms with Crippen molar-refractivity contribution in [3.05, 3.63) is 35.8 Å². The molecule has 0 spiro atoms. The highest BCUT2D eigenvalue weighted by molar-refractivity contribution is 5.72. The number of nitrogens with two attached hydrogens (primary N) is 1. The van der Waals surface area contributed by atoms with Crippen LogP contribution >= 0.6 is 0 Å². The Labute approximate surface area is 159 Å². The molecule has 3 rings (SSSR count). The zero-order chi connectivity index (χ0) is 19.2. The average molecular weight is 370 g/mol. The highest BCUT2D eigenvalue weighted by Crippen LogP contribution is 2.29. The molecule has 9 nitrogen and oxygen atoms in total. The van der Waals surface area contributed by atoms with Crippen LogP contribution in [0, 0.1) is 6.92 Å². The first-order valence-corrected chi connectivity index (χ1v) is 8.87. The van der Waals surface area contributed by atoms with E-state index in [1.54, 1.807) is 19.5 Å². The highest BCUT2D eigenvalue weighted by Gasteiger charge is 2.19. The fraction of sp³-hybridized carbons (Fsp3) is 0.389. The lowest BCUT2D eigenvalue weighted by Crippen LogP contribution is -2.42. The SMILES string of the molecule is CNc1cc(C)nc(Nc2cnc(OC)c(/C(=C/N)N3CCNCC3)c2)n1. The highest BCUT2D eigenvalue weighted by atomic mass is 16.5. The molecule has 0 aromatic carbocycles. The second kappa shape index (κ2) is 8.54. The normalized spacial score (nSPS) is 14.8. The molecule has 5 N–H and O–H groups in total. The summed E-state index contributed by atoms with van der Waals surface area (Å²) in [5.41, 5.74) is 9.30. The summed E-state index contributed by atoms with van der Waals surface area (Å²) in [5.74, 6) is 1.77. The first-order chi connectivity index (χ1) is 13.1. The number of nitrogens with zero attached hydrogens (tertiary/aromatic N) is 4. The predicted molar refractivity (Wildman–Crippen MR) is 107 cm³/mol. The van der Waals surface area contributed by atoms with Crippen molar-refractivity contribution in [2.75, 3.05) is 51.0 Å². The minimum absolute atomic E-state index is 0.498. The second-order valence-electron chi connectivity index (χ2n) is 6.16. The van der Waals surface area contributed by atoms with E-state index in [-0.39, 0.29) is 0 Å². The molecule has 0 unspecified atom stereocenters. The van der Waals surface area contributed by atoms with Crippen LogP contribution in [-0.4, -0.2) is 60.2 Å². The van der Waals surface area contributed by atoms with Gasteiger partial charge in [0.2, 0.25) is 11.8 Å². The number of hydrogen-bond acceptors (Lipinski definition) is 9. The van der Waals surface area contributed by atoms with Gasteiger partial charge in [-0.25, -0.2) is 9.97 Å². The van der Waals surface area contributed by atoms with Gasteiger partial charge in [-0.1, -0.05) is 0 Å². The van der Waals surface area contributed by atoms with Crippen molar-refractivity contribution in [2.45, 2.75) is 6.92 Å². The number of piperazine rings is 1. The van der Waals surface area contributed by atoms with Crippen molar-refractivity contribution in [3.63, 3.8) is 0 Å². The molecule has 144 valence electrons. The van der Waals surface area contributed by atoms with Crippen LogP contribution in [0.2, 0.25) is 0 Å². The number of pyridine rings is 1. The summed E-state index contributed by atoms with van der Waals surface area (Å²) in [7, 11) is 3.43. The summed E-state index contributed by atoms with van der Waals surface area (Å²) in [6, 6.07) is 3.83. The average Bonchev–Trinajstić information content (AvgIpc) is 2.69. The molecule has 9 heteroatoms. The molecule has 2 aromatic rings. The van der Waals surface area contributed by atoms with Crippen LogP contribution in [0.1, 0.15) is 11.3 Å². The Hall–Kier alpha value is -3.07. The third-order valence-electron chi connectivity index (χ3n) is 4.30. The first kappa shape index (κ1) is 18.7. The molecule has 3 heterocycles. The van der Waals surface area contributed by atoms with Crippen molar-refractivity contribution < 1.29 is 4.74 Å². The Morgan fingerprint density at radius 3 is 2.74 bits per heavy atom. The van der Waals surface area contributed by atoms with E-state index in [1.807, 2.05) is 26.1 Å². The van der Waals surface area contributed by atoms with Gasteiger partial charge in [0.1, 0.15) is 5.82 Å². The molecule has 1 aliphatic rings. The third kappa shape index (κ3) is 4.37. The molecule has 1 aliphatic heterocycles. The van der Waals surface area contributed by atoms with Gasteiger partial charge in [0.25, 0.3) is 0 Å². The van der Waals surface area contributed by atoms with Gasteiger partial charge in [0.05, 0.1) is 30.3 Å². The summed E-state index contributed by atoms with van der Waals surface area (Å²) >= 11 is 0. The fourth-order valence-electron chi connectivity index (χ4n) is 3.02. The Kier molecular flexibility index (Phi) is 5.92. The predicted octanol–water partition coefficient (Wildman–Crippen LogP) is 1.14. The van der Waals surface area contributed by atoms with E-state index in [0.717, 1.165) is 54.6 Å². The molecule has 27 heavy (non-hydrogen) atoms. The maximum absolute atomic E-state index is 5.96. The number of rotatable bonds is 6. The summed E-state index contributed by atoms with van der Waals surface area (Å²) in [4.78, 5) is 15.5. The van der Waals surface area contributed by atoms with E-state index in [0.29, 0.717) is 11.8 Å². The van der Waals surface area contributed by atoms with E-state index >= 15 is 0 Å². The zero-order valence-electron chi connectivity index (χ0n) is 15.9. The van der Waals surface area contributed by atoms with Gasteiger partial charge in [0.15, 0.2) is 0 Å². The van der Waals surface area contributed by atoms with Crippen molar-refractivity contribution in [1.29, 1.82) is 0 Å². The number of ether oxygens (including phenoxy) is 1. The Bertz CT molecular complexity index is 817. The fourth-order valence-corrected chi connectivity index (χ4v) is 3.02. The standard InChI is InChI=1S/C18H26N8O/c1-12-8-16(20-2)25-18(23-12)24-13-9-14(17(27-3)22-11-13)15(10-19)26-6-4-21-5-7-26/h8-11,21H,4-7,19H2,1-3H3,(H2,20,23,24,25)/b15-10-. The largest absolute Gasteiger partial charge is 0.481 e. The number of anilines is 3. The molecule has 0 saturated carbocycles. The maximum Gasteiger partial charge on any atom is 0.229 e. The van der Waals surface area contributed by atoms with Crippen molar-refractivity contribution in [2.24, 2.45) is 5.73 Å². The third-order valence-corrected chi connectivity index (χ3v) is 4.30. The Balaban J connectivity index is 1.92. The van der Waals surface area contributed by atoms with Gasteiger partial charge < -0.3 is 31.3 Å². The molecule has 0 bridgehead atoms. The zero-order valence-corrected chi connectivity index (χ0v) is 15.9. The molecular weight excluding hydrogens is 344 g/mol. The van der Waals surface area contributed by atoms with Gasteiger partial charge >= 0.3 is 0 Å². The van der Waals surface area contributed by atoms with E-state index in [4.69, 9.17) is 10.5 Å². The maximum atomic E-state index is 5.96. The van der Waals surface area contributed by atoms with Crippen LogP contribution < -0.4 is 26.4 Å². The quantitative estimate of drug-likeness (QED) is 0.594. The minimum atomic E-state index is 0.498. The topological polar surface area (TPSA) is 113 Å². The minimum Gasteiger partial charge on any atom is -0.481 e. The second-order valence-corrected chi connectivity index (χ2v) is 6.16. The smallest absolute Gasteiger partial charge is 0.229 e. The van der Waals surface area contributed by atoms with Crippen LogP contribution in [0.15, 0.2) is 24.5 Å². The van der Waals surface area contributed by atoms with Crippen LogP contribution in [-0.2, 0) is 0 Å². The number of methoxy groups -OCH3 is 1. The lowest BCUT2D eigenvalue weighted by atomic mass is 10.1. The van der Waals surface area contributed by atoms with E-state index in [1.165, 1.54) is 0 Å². The number of hydrogen-bond donors (Lipinski definition) is 4. The van der Waals surface area contributed by atoms with Crippen molar-refractivity contribution in [3.8, 4) is 5.88 Å². The monoisotopic (exact) mass is 370 g/mol. The number of nitrogens with one attached hydrogen (secondary N) is 3. The Morgan fingerprint density at radius 1 is 1.30 bits per heavy atom. The van der Waals surface area contributed by atoms with Gasteiger partial charge in [-0.2, -0.15) is 4.98 Å². The summed E-state index contributed by atoms with van der Waals surface area (Å²) in [6.45, 7) is 5.49. The first-order valence-electron chi connectivity index (χ1n) is 8.87. The summed E-state index contributed by atoms with van der Waals surface area (Å²) in [5, 5.41) is 9.59. The van der Waals surface area contributed by atoms with Gasteiger partial charge in [-0.15, -0.1) is 0 Å².